The summed E-state index contributed by atoms with van der Waals surface area (Å²) in [5.74, 6) is -0.0888. The summed E-state index contributed by atoms with van der Waals surface area (Å²) < 4.78 is 3.41. The first-order valence-electron chi connectivity index (χ1n) is 8.55. The van der Waals surface area contributed by atoms with E-state index >= 15 is 0 Å². The zero-order valence-electron chi connectivity index (χ0n) is 14.3. The number of β-amino-alcohol motifs (C(OH)–C–C–N with tert-alkyl or cyclic N) is 1. The molecule has 10 nitrogen and oxygen atoms in total. The summed E-state index contributed by atoms with van der Waals surface area (Å²) in [6, 6.07) is 5.87. The first-order valence-corrected chi connectivity index (χ1v) is 8.55. The highest BCUT2D eigenvalue weighted by Gasteiger charge is 2.23. The van der Waals surface area contributed by atoms with Crippen molar-refractivity contribution in [2.24, 2.45) is 5.10 Å². The first-order chi connectivity index (χ1) is 13.3. The molecule has 5 heterocycles. The van der Waals surface area contributed by atoms with Gasteiger partial charge in [0.15, 0.2) is 18.4 Å². The van der Waals surface area contributed by atoms with Crippen molar-refractivity contribution in [3.63, 3.8) is 0 Å². The predicted molar refractivity (Wildman–Crippen MR) is 97.8 cm³/mol. The third-order valence-electron chi connectivity index (χ3n) is 4.39. The van der Waals surface area contributed by atoms with Crippen LogP contribution in [0, 0.1) is 0 Å². The molecule has 1 aliphatic heterocycles. The maximum absolute atomic E-state index is 9.04. The number of nitrogens with zero attached hydrogens (tertiary/aromatic N) is 8. The van der Waals surface area contributed by atoms with Gasteiger partial charge in [0.05, 0.1) is 35.7 Å². The van der Waals surface area contributed by atoms with Crippen molar-refractivity contribution in [1.82, 2.24) is 34.9 Å². The molecule has 1 atom stereocenters. The van der Waals surface area contributed by atoms with E-state index in [2.05, 4.69) is 30.4 Å². The minimum Gasteiger partial charge on any atom is -0.390 e. The summed E-state index contributed by atoms with van der Waals surface area (Å²) >= 11 is 0. The highest BCUT2D eigenvalue weighted by Crippen LogP contribution is 2.17. The molecule has 0 aromatic carbocycles. The van der Waals surface area contributed by atoms with E-state index in [4.69, 9.17) is 10.1 Å². The van der Waals surface area contributed by atoms with Crippen LogP contribution in [0.1, 0.15) is 17.3 Å². The topological polar surface area (TPSA) is 121 Å². The molecule has 4 aromatic rings. The van der Waals surface area contributed by atoms with Crippen molar-refractivity contribution in [2.45, 2.75) is 12.5 Å². The molecule has 0 bridgehead atoms. The summed E-state index contributed by atoms with van der Waals surface area (Å²) in [5, 5.41) is 21.6. The summed E-state index contributed by atoms with van der Waals surface area (Å²) in [6.07, 6.45) is 7.14. The van der Waals surface area contributed by atoms with Gasteiger partial charge in [-0.25, -0.2) is 14.6 Å². The van der Waals surface area contributed by atoms with Gasteiger partial charge in [-0.1, -0.05) is 9.90 Å². The Kier molecular flexibility index (Phi) is 3.68. The van der Waals surface area contributed by atoms with E-state index in [0.717, 1.165) is 22.4 Å². The molecule has 0 amide bonds. The number of hydrogen-bond donors (Lipinski definition) is 2. The van der Waals surface area contributed by atoms with E-state index in [1.54, 1.807) is 28.0 Å². The number of hydrogen-bond acceptors (Lipinski definition) is 7. The summed E-state index contributed by atoms with van der Waals surface area (Å²) in [5.41, 5.74) is 4.71. The van der Waals surface area contributed by atoms with Crippen LogP contribution in [0.25, 0.3) is 22.3 Å². The Morgan fingerprint density at radius 1 is 1.30 bits per heavy atom. The molecule has 1 unspecified atom stereocenters. The molecule has 0 saturated carbocycles. The second kappa shape index (κ2) is 6.32. The molecule has 4 aromatic heterocycles. The zero-order valence-corrected chi connectivity index (χ0v) is 14.3. The number of aromatic amines is 1. The average Bonchev–Trinajstić information content (AvgIpc) is 3.40. The van der Waals surface area contributed by atoms with Gasteiger partial charge >= 0.3 is 0 Å². The number of rotatable bonds is 5. The zero-order chi connectivity index (χ0) is 18.2. The molecule has 5 rings (SSSR count). The Hall–Kier alpha value is -3.53. The Balaban J connectivity index is 1.47. The standard InChI is InChI=1S/C17H16N9O/c27-5-4-25-9-11(7-20-25)15-8-19-16-17(22-15)26(24-23-16)10-12-6-14-13(21-12)2-1-3-18-14/h1-3,6-9,11,21,27H,4-5,10H2/q+1. The Morgan fingerprint density at radius 2 is 2.26 bits per heavy atom. The van der Waals surface area contributed by atoms with Crippen molar-refractivity contribution in [3.8, 4) is 0 Å². The largest absolute Gasteiger partial charge is 0.390 e. The number of pyridine rings is 1. The van der Waals surface area contributed by atoms with Gasteiger partial charge in [0.1, 0.15) is 12.5 Å². The molecule has 0 aliphatic carbocycles. The van der Waals surface area contributed by atoms with Gasteiger partial charge in [0, 0.05) is 11.9 Å². The monoisotopic (exact) mass is 362 g/mol. The smallest absolute Gasteiger partial charge is 0.221 e. The second-order valence-corrected chi connectivity index (χ2v) is 6.25. The van der Waals surface area contributed by atoms with Crippen LogP contribution >= 0.6 is 0 Å². The van der Waals surface area contributed by atoms with Crippen LogP contribution in [-0.2, 0) is 6.54 Å². The van der Waals surface area contributed by atoms with Gasteiger partial charge in [-0.15, -0.1) is 5.10 Å². The second-order valence-electron chi connectivity index (χ2n) is 6.25. The highest BCUT2D eigenvalue weighted by molar-refractivity contribution is 5.89. The average molecular weight is 362 g/mol. The van der Waals surface area contributed by atoms with E-state index in [9.17, 15) is 0 Å². The number of fused-ring (bicyclic) bond motifs is 2. The molecule has 134 valence electrons. The fourth-order valence-electron chi connectivity index (χ4n) is 3.10. The Bertz CT molecular complexity index is 1160. The molecular formula is C17H16N9O+. The minimum absolute atomic E-state index is 0.0430. The van der Waals surface area contributed by atoms with E-state index < -0.39 is 0 Å². The number of nitrogens with one attached hydrogen (secondary N) is 1. The van der Waals surface area contributed by atoms with Crippen LogP contribution in [0.5, 0.6) is 0 Å². The molecule has 0 saturated heterocycles. The Morgan fingerprint density at radius 3 is 3.15 bits per heavy atom. The van der Waals surface area contributed by atoms with Crippen LogP contribution in [-0.4, -0.2) is 70.3 Å². The lowest BCUT2D eigenvalue weighted by Crippen LogP contribution is -2.11. The first kappa shape index (κ1) is 15.7. The lowest BCUT2D eigenvalue weighted by molar-refractivity contribution is -0.528. The third-order valence-corrected chi connectivity index (χ3v) is 4.39. The third kappa shape index (κ3) is 2.85. The van der Waals surface area contributed by atoms with Crippen LogP contribution in [0.15, 0.2) is 35.7 Å². The van der Waals surface area contributed by atoms with Crippen molar-refractivity contribution in [1.29, 1.82) is 0 Å². The number of aromatic nitrogens is 7. The normalized spacial score (nSPS) is 16.5. The summed E-state index contributed by atoms with van der Waals surface area (Å²) in [4.78, 5) is 16.7. The van der Waals surface area contributed by atoms with Gasteiger partial charge in [-0.3, -0.25) is 4.98 Å². The van der Waals surface area contributed by atoms with Crippen molar-refractivity contribution in [3.05, 3.63) is 42.0 Å². The molecule has 1 aliphatic rings. The fourth-order valence-corrected chi connectivity index (χ4v) is 3.10. The number of aliphatic hydroxyl groups excluding tert-OH is 1. The van der Waals surface area contributed by atoms with E-state index in [1.165, 1.54) is 0 Å². The molecule has 10 heteroatoms. The van der Waals surface area contributed by atoms with E-state index in [-0.39, 0.29) is 12.5 Å². The SMILES string of the molecule is OCC[N+]1=CC(c2cnc3nnn(Cc4cc5ncccc5[nH]4)c3n2)C=N1. The molecular weight excluding hydrogens is 346 g/mol. The van der Waals surface area contributed by atoms with Gasteiger partial charge in [0.2, 0.25) is 5.65 Å². The Labute approximate surface area is 152 Å². The maximum Gasteiger partial charge on any atom is 0.221 e. The van der Waals surface area contributed by atoms with E-state index in [1.807, 2.05) is 24.4 Å². The quantitative estimate of drug-likeness (QED) is 0.493. The number of hydrazone groups is 1. The van der Waals surface area contributed by atoms with Crippen LogP contribution in [0.2, 0.25) is 0 Å². The molecule has 0 fully saturated rings. The maximum atomic E-state index is 9.04. The van der Waals surface area contributed by atoms with Gasteiger partial charge in [0.25, 0.3) is 0 Å². The lowest BCUT2D eigenvalue weighted by atomic mass is 10.1. The number of H-pyrrole nitrogens is 1. The fraction of sp³-hybridized carbons (Fsp3) is 0.235. The van der Waals surface area contributed by atoms with Gasteiger partial charge in [-0.2, -0.15) is 0 Å². The van der Waals surface area contributed by atoms with E-state index in [0.29, 0.717) is 24.4 Å². The van der Waals surface area contributed by atoms with Crippen LogP contribution < -0.4 is 0 Å². The van der Waals surface area contributed by atoms with Gasteiger partial charge in [-0.05, 0) is 23.3 Å². The van der Waals surface area contributed by atoms with Crippen LogP contribution in [0.4, 0.5) is 0 Å². The molecule has 0 radical (unpaired) electrons. The summed E-state index contributed by atoms with van der Waals surface area (Å²) in [7, 11) is 0. The molecule has 0 spiro atoms. The number of aliphatic hydroxyl groups is 1. The molecule has 27 heavy (non-hydrogen) atoms. The lowest BCUT2D eigenvalue weighted by Gasteiger charge is -2.02. The van der Waals surface area contributed by atoms with Crippen molar-refractivity contribution in [2.75, 3.05) is 13.2 Å². The highest BCUT2D eigenvalue weighted by atomic mass is 16.3. The summed E-state index contributed by atoms with van der Waals surface area (Å²) in [6.45, 7) is 0.988. The van der Waals surface area contributed by atoms with Crippen LogP contribution in [0.3, 0.4) is 0 Å². The minimum atomic E-state index is -0.0888. The predicted octanol–water partition coefficient (Wildman–Crippen LogP) is 0.304. The van der Waals surface area contributed by atoms with Crippen molar-refractivity contribution >= 4 is 34.8 Å². The van der Waals surface area contributed by atoms with Crippen molar-refractivity contribution < 1.29 is 9.79 Å². The van der Waals surface area contributed by atoms with Gasteiger partial charge < -0.3 is 10.1 Å². The molecule has 2 N–H and O–H groups in total.